The number of ether oxygens (including phenoxy) is 2. The van der Waals surface area contributed by atoms with Crippen molar-refractivity contribution < 1.29 is 14.3 Å². The molecule has 0 fully saturated rings. The molecule has 2 aromatic heterocycles. The molecule has 0 bridgehead atoms. The van der Waals surface area contributed by atoms with Gasteiger partial charge >= 0.3 is 0 Å². The van der Waals surface area contributed by atoms with Gasteiger partial charge in [-0.3, -0.25) is 15.1 Å². The van der Waals surface area contributed by atoms with E-state index < -0.39 is 0 Å². The highest BCUT2D eigenvalue weighted by Gasteiger charge is 2.17. The first-order valence-electron chi connectivity index (χ1n) is 9.22. The van der Waals surface area contributed by atoms with Crippen molar-refractivity contribution in [1.29, 1.82) is 0 Å². The van der Waals surface area contributed by atoms with Crippen LogP contribution in [0.15, 0.2) is 54.6 Å². The maximum absolute atomic E-state index is 12.8. The highest BCUT2D eigenvalue weighted by atomic mass is 32.1. The highest BCUT2D eigenvalue weighted by molar-refractivity contribution is 7.22. The van der Waals surface area contributed by atoms with Gasteiger partial charge in [0.2, 0.25) is 0 Å². The van der Waals surface area contributed by atoms with Crippen LogP contribution in [-0.4, -0.2) is 29.1 Å². The van der Waals surface area contributed by atoms with Crippen LogP contribution in [0.1, 0.15) is 16.1 Å². The molecule has 1 N–H and O–H groups in total. The monoisotopic (exact) mass is 403 g/mol. The third-order valence-electron chi connectivity index (χ3n) is 4.67. The predicted molar refractivity (Wildman–Crippen MR) is 113 cm³/mol. The summed E-state index contributed by atoms with van der Waals surface area (Å²) >= 11 is 1.40. The first kappa shape index (κ1) is 17.6. The summed E-state index contributed by atoms with van der Waals surface area (Å²) in [4.78, 5) is 21.9. The van der Waals surface area contributed by atoms with Gasteiger partial charge in [-0.25, -0.2) is 4.98 Å². The number of hydrogen-bond donors (Lipinski definition) is 1. The van der Waals surface area contributed by atoms with Crippen LogP contribution in [0.3, 0.4) is 0 Å². The summed E-state index contributed by atoms with van der Waals surface area (Å²) in [5.41, 5.74) is 3.81. The van der Waals surface area contributed by atoms with Crippen LogP contribution in [0.25, 0.3) is 21.5 Å². The molecule has 0 atom stereocenters. The predicted octanol–water partition coefficient (Wildman–Crippen LogP) is 4.69. The summed E-state index contributed by atoms with van der Waals surface area (Å²) in [6.45, 7) is 2.89. The Kier molecular flexibility index (Phi) is 4.37. The highest BCUT2D eigenvalue weighted by Crippen LogP contribution is 2.38. The Morgan fingerprint density at radius 3 is 2.52 bits per heavy atom. The van der Waals surface area contributed by atoms with Crippen LogP contribution in [0.4, 0.5) is 5.13 Å². The van der Waals surface area contributed by atoms with Gasteiger partial charge in [-0.15, -0.1) is 0 Å². The maximum Gasteiger partial charge on any atom is 0.259 e. The Bertz CT molecular complexity index is 1180. The molecule has 3 heterocycles. The number of benzene rings is 2. The molecule has 0 aliphatic carbocycles. The molecule has 2 aromatic carbocycles. The van der Waals surface area contributed by atoms with E-state index in [1.165, 1.54) is 11.3 Å². The van der Waals surface area contributed by atoms with E-state index >= 15 is 0 Å². The molecule has 0 saturated carbocycles. The fourth-order valence-electron chi connectivity index (χ4n) is 3.25. The number of hydrogen-bond acceptors (Lipinski definition) is 6. The third kappa shape index (κ3) is 3.40. The fourth-order valence-corrected chi connectivity index (χ4v) is 4.12. The molecule has 0 radical (unpaired) electrons. The minimum atomic E-state index is -0.231. The normalized spacial score (nSPS) is 12.7. The summed E-state index contributed by atoms with van der Waals surface area (Å²) in [6.07, 6.45) is 0. The quantitative estimate of drug-likeness (QED) is 0.537. The maximum atomic E-state index is 12.8. The van der Waals surface area contributed by atoms with E-state index in [4.69, 9.17) is 9.47 Å². The van der Waals surface area contributed by atoms with E-state index in [0.717, 1.165) is 21.5 Å². The molecule has 0 saturated heterocycles. The Labute approximate surface area is 171 Å². The second-order valence-corrected chi connectivity index (χ2v) is 7.66. The lowest BCUT2D eigenvalue weighted by atomic mass is 10.1. The molecule has 7 heteroatoms. The molecular formula is C22H17N3O3S. The SMILES string of the molecule is Cc1nc(-c2ccccc2)ccc1C(=O)Nc1nc2cc3c(cc2s1)OCCO3. The van der Waals surface area contributed by atoms with Gasteiger partial charge < -0.3 is 9.47 Å². The van der Waals surface area contributed by atoms with Gasteiger partial charge in [-0.2, -0.15) is 0 Å². The van der Waals surface area contributed by atoms with Gasteiger partial charge in [0.25, 0.3) is 5.91 Å². The van der Waals surface area contributed by atoms with E-state index in [1.807, 2.05) is 55.5 Å². The van der Waals surface area contributed by atoms with Gasteiger partial charge in [-0.05, 0) is 19.1 Å². The van der Waals surface area contributed by atoms with Crippen LogP contribution < -0.4 is 14.8 Å². The largest absolute Gasteiger partial charge is 0.486 e. The molecule has 4 aromatic rings. The average Bonchev–Trinajstić information content (AvgIpc) is 3.13. The number of fused-ring (bicyclic) bond motifs is 2. The van der Waals surface area contributed by atoms with Gasteiger partial charge in [0, 0.05) is 17.7 Å². The number of nitrogens with zero attached hydrogens (tertiary/aromatic N) is 2. The number of aromatic nitrogens is 2. The summed E-state index contributed by atoms with van der Waals surface area (Å²) in [5, 5.41) is 3.41. The number of aryl methyl sites for hydroxylation is 1. The summed E-state index contributed by atoms with van der Waals surface area (Å²) in [5.74, 6) is 1.16. The molecule has 6 nitrogen and oxygen atoms in total. The number of rotatable bonds is 3. The van der Waals surface area contributed by atoms with Crippen LogP contribution in [0, 0.1) is 6.92 Å². The molecule has 1 aliphatic heterocycles. The van der Waals surface area contributed by atoms with Crippen LogP contribution in [0.5, 0.6) is 11.5 Å². The van der Waals surface area contributed by atoms with Gasteiger partial charge in [0.05, 0.1) is 27.2 Å². The zero-order valence-electron chi connectivity index (χ0n) is 15.6. The minimum Gasteiger partial charge on any atom is -0.486 e. The van der Waals surface area contributed by atoms with Crippen LogP contribution >= 0.6 is 11.3 Å². The van der Waals surface area contributed by atoms with Crippen LogP contribution in [-0.2, 0) is 0 Å². The molecule has 5 rings (SSSR count). The van der Waals surface area contributed by atoms with Crippen molar-refractivity contribution in [1.82, 2.24) is 9.97 Å². The zero-order valence-corrected chi connectivity index (χ0v) is 16.5. The number of nitrogens with one attached hydrogen (secondary N) is 1. The Hall–Kier alpha value is -3.45. The molecule has 0 spiro atoms. The summed E-state index contributed by atoms with van der Waals surface area (Å²) < 4.78 is 12.1. The van der Waals surface area contributed by atoms with E-state index in [9.17, 15) is 4.79 Å². The number of carbonyl (C=O) groups excluding carboxylic acids is 1. The first-order valence-corrected chi connectivity index (χ1v) is 10.0. The third-order valence-corrected chi connectivity index (χ3v) is 5.61. The second kappa shape index (κ2) is 7.18. The number of amides is 1. The fraction of sp³-hybridized carbons (Fsp3) is 0.136. The standard InChI is InChI=1S/C22H17N3O3S/c1-13-15(7-8-16(23-13)14-5-3-2-4-6-14)21(26)25-22-24-17-11-18-19(12-20(17)29-22)28-10-9-27-18/h2-8,11-12H,9-10H2,1H3,(H,24,25,26). The molecule has 29 heavy (non-hydrogen) atoms. The molecule has 0 unspecified atom stereocenters. The summed E-state index contributed by atoms with van der Waals surface area (Å²) in [7, 11) is 0. The Balaban J connectivity index is 1.40. The van der Waals surface area contributed by atoms with Gasteiger partial charge in [-0.1, -0.05) is 41.7 Å². The number of pyridine rings is 1. The second-order valence-electron chi connectivity index (χ2n) is 6.63. The van der Waals surface area contributed by atoms with Gasteiger partial charge in [0.1, 0.15) is 13.2 Å². The molecule has 144 valence electrons. The lowest BCUT2D eigenvalue weighted by molar-refractivity contribution is 0.102. The first-order chi connectivity index (χ1) is 14.2. The molecule has 1 amide bonds. The smallest absolute Gasteiger partial charge is 0.259 e. The lowest BCUT2D eigenvalue weighted by Crippen LogP contribution is -2.15. The van der Waals surface area contributed by atoms with E-state index in [2.05, 4.69) is 15.3 Å². The van der Waals surface area contributed by atoms with Crippen molar-refractivity contribution in [3.05, 3.63) is 65.9 Å². The minimum absolute atomic E-state index is 0.231. The van der Waals surface area contributed by atoms with Crippen molar-refractivity contribution in [2.45, 2.75) is 6.92 Å². The van der Waals surface area contributed by atoms with Crippen molar-refractivity contribution in [2.24, 2.45) is 0 Å². The van der Waals surface area contributed by atoms with Crippen molar-refractivity contribution >= 4 is 32.6 Å². The van der Waals surface area contributed by atoms with Crippen molar-refractivity contribution in [3.63, 3.8) is 0 Å². The van der Waals surface area contributed by atoms with Crippen molar-refractivity contribution in [2.75, 3.05) is 18.5 Å². The lowest BCUT2D eigenvalue weighted by Gasteiger charge is -2.17. The average molecular weight is 403 g/mol. The number of carbonyl (C=O) groups is 1. The van der Waals surface area contributed by atoms with E-state index in [-0.39, 0.29) is 5.91 Å². The number of anilines is 1. The van der Waals surface area contributed by atoms with E-state index in [1.54, 1.807) is 6.07 Å². The molecular weight excluding hydrogens is 386 g/mol. The van der Waals surface area contributed by atoms with Gasteiger partial charge in [0.15, 0.2) is 16.6 Å². The van der Waals surface area contributed by atoms with Crippen molar-refractivity contribution in [3.8, 4) is 22.8 Å². The molecule has 1 aliphatic rings. The number of thiazole rings is 1. The van der Waals surface area contributed by atoms with Crippen LogP contribution in [0.2, 0.25) is 0 Å². The topological polar surface area (TPSA) is 73.3 Å². The van der Waals surface area contributed by atoms with E-state index in [0.29, 0.717) is 41.1 Å². The zero-order chi connectivity index (χ0) is 19.8. The Morgan fingerprint density at radius 2 is 1.76 bits per heavy atom. The summed E-state index contributed by atoms with van der Waals surface area (Å²) in [6, 6.07) is 17.3. The Morgan fingerprint density at radius 1 is 1.00 bits per heavy atom.